The summed E-state index contributed by atoms with van der Waals surface area (Å²) in [6.45, 7) is 0. The predicted molar refractivity (Wildman–Crippen MR) is 87.2 cm³/mol. The molecule has 0 aliphatic carbocycles. The molecule has 0 saturated heterocycles. The van der Waals surface area contributed by atoms with Crippen LogP contribution in [-0.4, -0.2) is 18.0 Å². The van der Waals surface area contributed by atoms with Crippen LogP contribution in [0.3, 0.4) is 0 Å². The number of oxazole rings is 1. The lowest BCUT2D eigenvalue weighted by molar-refractivity contribution is -0.115. The monoisotopic (exact) mass is 326 g/mol. The van der Waals surface area contributed by atoms with Gasteiger partial charge in [0.2, 0.25) is 5.91 Å². The number of nitrogens with one attached hydrogen (secondary N) is 1. The van der Waals surface area contributed by atoms with Gasteiger partial charge < -0.3 is 14.5 Å². The third kappa shape index (κ3) is 3.60. The molecule has 3 rings (SSSR count). The fourth-order valence-electron chi connectivity index (χ4n) is 2.31. The standard InChI is InChI=1S/C18H15FN2O3/c1-23-14-4-2-3-12(7-14)8-18(22)21-13-5-6-15(16(19)9-13)17-10-20-11-24-17/h2-7,9-11H,8H2,1H3,(H,21,22). The number of aromatic nitrogens is 1. The minimum atomic E-state index is -0.495. The van der Waals surface area contributed by atoms with Crippen molar-refractivity contribution in [3.63, 3.8) is 0 Å². The normalized spacial score (nSPS) is 10.4. The van der Waals surface area contributed by atoms with Crippen molar-refractivity contribution in [2.24, 2.45) is 0 Å². The van der Waals surface area contributed by atoms with E-state index in [4.69, 9.17) is 9.15 Å². The van der Waals surface area contributed by atoms with Crippen LogP contribution in [0.1, 0.15) is 5.56 Å². The van der Waals surface area contributed by atoms with Crippen LogP contribution in [0.15, 0.2) is 59.5 Å². The van der Waals surface area contributed by atoms with Crippen molar-refractivity contribution in [1.29, 1.82) is 0 Å². The maximum Gasteiger partial charge on any atom is 0.228 e. The number of halogens is 1. The van der Waals surface area contributed by atoms with E-state index in [0.717, 1.165) is 5.56 Å². The number of benzene rings is 2. The quantitative estimate of drug-likeness (QED) is 0.777. The van der Waals surface area contributed by atoms with Crippen LogP contribution in [0.4, 0.5) is 10.1 Å². The second kappa shape index (κ2) is 6.95. The van der Waals surface area contributed by atoms with Gasteiger partial charge in [0.05, 0.1) is 25.3 Å². The number of methoxy groups -OCH3 is 1. The molecule has 3 aromatic rings. The zero-order chi connectivity index (χ0) is 16.9. The van der Waals surface area contributed by atoms with Crippen LogP contribution >= 0.6 is 0 Å². The summed E-state index contributed by atoms with van der Waals surface area (Å²) in [6, 6.07) is 11.6. The first kappa shape index (κ1) is 15.7. The zero-order valence-electron chi connectivity index (χ0n) is 13.0. The molecule has 0 aliphatic rings. The molecule has 1 N–H and O–H groups in total. The molecule has 0 fully saturated rings. The number of amides is 1. The van der Waals surface area contributed by atoms with Gasteiger partial charge in [-0.1, -0.05) is 12.1 Å². The fourth-order valence-corrected chi connectivity index (χ4v) is 2.31. The van der Waals surface area contributed by atoms with E-state index in [-0.39, 0.29) is 12.3 Å². The van der Waals surface area contributed by atoms with Gasteiger partial charge >= 0.3 is 0 Å². The highest BCUT2D eigenvalue weighted by Gasteiger charge is 2.11. The highest BCUT2D eigenvalue weighted by molar-refractivity contribution is 5.92. The Kier molecular flexibility index (Phi) is 4.56. The number of hydrogen-bond donors (Lipinski definition) is 1. The number of rotatable bonds is 5. The Morgan fingerprint density at radius 3 is 2.88 bits per heavy atom. The number of carbonyl (C=O) groups is 1. The van der Waals surface area contributed by atoms with E-state index in [1.165, 1.54) is 24.7 Å². The summed E-state index contributed by atoms with van der Waals surface area (Å²) in [4.78, 5) is 15.9. The largest absolute Gasteiger partial charge is 0.497 e. The molecular formula is C18H15FN2O3. The Bertz CT molecular complexity index is 847. The Morgan fingerprint density at radius 1 is 1.29 bits per heavy atom. The first-order chi connectivity index (χ1) is 11.7. The van der Waals surface area contributed by atoms with E-state index >= 15 is 0 Å². The van der Waals surface area contributed by atoms with E-state index < -0.39 is 5.82 Å². The van der Waals surface area contributed by atoms with Gasteiger partial charge in [-0.25, -0.2) is 9.37 Å². The third-order valence-corrected chi connectivity index (χ3v) is 3.45. The molecule has 1 heterocycles. The Labute approximate surface area is 138 Å². The van der Waals surface area contributed by atoms with E-state index in [9.17, 15) is 9.18 Å². The van der Waals surface area contributed by atoms with Gasteiger partial charge in [0, 0.05) is 5.69 Å². The number of carbonyl (C=O) groups excluding carboxylic acids is 1. The average Bonchev–Trinajstić information content (AvgIpc) is 3.09. The summed E-state index contributed by atoms with van der Waals surface area (Å²) in [5.74, 6) is 0.283. The lowest BCUT2D eigenvalue weighted by Crippen LogP contribution is -2.14. The molecule has 2 aromatic carbocycles. The van der Waals surface area contributed by atoms with Gasteiger partial charge in [-0.15, -0.1) is 0 Å². The number of hydrogen-bond acceptors (Lipinski definition) is 4. The van der Waals surface area contributed by atoms with Crippen molar-refractivity contribution in [2.75, 3.05) is 12.4 Å². The maximum absolute atomic E-state index is 14.1. The SMILES string of the molecule is COc1cccc(CC(=O)Nc2ccc(-c3cnco3)c(F)c2)c1. The van der Waals surface area contributed by atoms with Gasteiger partial charge in [0.1, 0.15) is 11.6 Å². The van der Waals surface area contributed by atoms with Crippen molar-refractivity contribution in [3.05, 3.63) is 66.4 Å². The Balaban J connectivity index is 1.69. The van der Waals surface area contributed by atoms with Gasteiger partial charge in [-0.3, -0.25) is 4.79 Å². The number of nitrogens with zero attached hydrogens (tertiary/aromatic N) is 1. The molecule has 0 bridgehead atoms. The molecule has 0 radical (unpaired) electrons. The number of anilines is 1. The topological polar surface area (TPSA) is 64.4 Å². The highest BCUT2D eigenvalue weighted by atomic mass is 19.1. The van der Waals surface area contributed by atoms with Gasteiger partial charge in [-0.2, -0.15) is 0 Å². The molecule has 24 heavy (non-hydrogen) atoms. The van der Waals surface area contributed by atoms with E-state index in [0.29, 0.717) is 22.8 Å². The predicted octanol–water partition coefficient (Wildman–Crippen LogP) is 3.67. The van der Waals surface area contributed by atoms with Gasteiger partial charge in [0.15, 0.2) is 12.2 Å². The summed E-state index contributed by atoms with van der Waals surface area (Å²) < 4.78 is 24.3. The molecular weight excluding hydrogens is 311 g/mol. The van der Waals surface area contributed by atoms with Crippen LogP contribution in [0.25, 0.3) is 11.3 Å². The molecule has 122 valence electrons. The van der Waals surface area contributed by atoms with Crippen LogP contribution in [-0.2, 0) is 11.2 Å². The fraction of sp³-hybridized carbons (Fsp3) is 0.111. The van der Waals surface area contributed by atoms with Crippen molar-refractivity contribution in [2.45, 2.75) is 6.42 Å². The first-order valence-corrected chi connectivity index (χ1v) is 7.27. The summed E-state index contributed by atoms with van der Waals surface area (Å²) >= 11 is 0. The smallest absolute Gasteiger partial charge is 0.228 e. The lowest BCUT2D eigenvalue weighted by Gasteiger charge is -2.08. The first-order valence-electron chi connectivity index (χ1n) is 7.27. The van der Waals surface area contributed by atoms with E-state index in [1.807, 2.05) is 12.1 Å². The lowest BCUT2D eigenvalue weighted by atomic mass is 10.1. The summed E-state index contributed by atoms with van der Waals surface area (Å²) in [7, 11) is 1.57. The minimum absolute atomic E-state index is 0.169. The average molecular weight is 326 g/mol. The van der Waals surface area contributed by atoms with E-state index in [1.54, 1.807) is 25.3 Å². The second-order valence-corrected chi connectivity index (χ2v) is 5.14. The van der Waals surface area contributed by atoms with Crippen molar-refractivity contribution < 1.29 is 18.3 Å². The van der Waals surface area contributed by atoms with Crippen molar-refractivity contribution in [1.82, 2.24) is 4.98 Å². The Morgan fingerprint density at radius 2 is 2.17 bits per heavy atom. The van der Waals surface area contributed by atoms with Crippen LogP contribution in [0, 0.1) is 5.82 Å². The minimum Gasteiger partial charge on any atom is -0.497 e. The summed E-state index contributed by atoms with van der Waals surface area (Å²) in [5.41, 5.74) is 1.48. The van der Waals surface area contributed by atoms with Crippen LogP contribution < -0.4 is 10.1 Å². The molecule has 0 aliphatic heterocycles. The molecule has 0 atom stereocenters. The number of ether oxygens (including phenoxy) is 1. The maximum atomic E-state index is 14.1. The molecule has 0 spiro atoms. The highest BCUT2D eigenvalue weighted by Crippen LogP contribution is 2.25. The van der Waals surface area contributed by atoms with Gasteiger partial charge in [-0.05, 0) is 35.9 Å². The van der Waals surface area contributed by atoms with Crippen LogP contribution in [0.5, 0.6) is 5.75 Å². The molecule has 6 heteroatoms. The molecule has 0 saturated carbocycles. The molecule has 1 amide bonds. The zero-order valence-corrected chi connectivity index (χ0v) is 13.0. The van der Waals surface area contributed by atoms with Crippen molar-refractivity contribution >= 4 is 11.6 Å². The van der Waals surface area contributed by atoms with Crippen molar-refractivity contribution in [3.8, 4) is 17.1 Å². The molecule has 1 aromatic heterocycles. The summed E-state index contributed by atoms with van der Waals surface area (Å²) in [6.07, 6.45) is 2.83. The van der Waals surface area contributed by atoms with Gasteiger partial charge in [0.25, 0.3) is 0 Å². The van der Waals surface area contributed by atoms with Crippen LogP contribution in [0.2, 0.25) is 0 Å². The van der Waals surface area contributed by atoms with E-state index in [2.05, 4.69) is 10.3 Å². The Hall–Kier alpha value is -3.15. The third-order valence-electron chi connectivity index (χ3n) is 3.45. The molecule has 5 nitrogen and oxygen atoms in total. The second-order valence-electron chi connectivity index (χ2n) is 5.14. The molecule has 0 unspecified atom stereocenters. The summed E-state index contributed by atoms with van der Waals surface area (Å²) in [5, 5.41) is 2.68.